The number of nitriles is 1. The second-order valence-corrected chi connectivity index (χ2v) is 4.72. The highest BCUT2D eigenvalue weighted by Crippen LogP contribution is 2.28. The average molecular weight is 299 g/mol. The van der Waals surface area contributed by atoms with Crippen molar-refractivity contribution in [1.82, 2.24) is 4.98 Å². The molecule has 0 radical (unpaired) electrons. The lowest BCUT2D eigenvalue weighted by atomic mass is 10.1. The molecule has 3 rings (SSSR count). The monoisotopic (exact) mass is 298 g/mol. The molecular weight excluding hydrogens is 292 g/mol. The summed E-state index contributed by atoms with van der Waals surface area (Å²) in [5.74, 6) is -0.713. The number of aromatic carboxylic acids is 1. The third-order valence-electron chi connectivity index (χ3n) is 2.97. The number of carboxylic acids is 1. The number of nitrogens with zero attached hydrogens (tertiary/aromatic N) is 2. The summed E-state index contributed by atoms with van der Waals surface area (Å²) in [4.78, 5) is 15.2. The molecule has 0 spiro atoms. The summed E-state index contributed by atoms with van der Waals surface area (Å²) in [5, 5.41) is 18.1. The van der Waals surface area contributed by atoms with Crippen molar-refractivity contribution in [1.29, 1.82) is 5.26 Å². The van der Waals surface area contributed by atoms with Gasteiger partial charge in [0.05, 0.1) is 16.1 Å². The Morgan fingerprint density at radius 2 is 2.10 bits per heavy atom. The number of rotatable bonds is 2. The van der Waals surface area contributed by atoms with Crippen LogP contribution in [-0.4, -0.2) is 16.1 Å². The van der Waals surface area contributed by atoms with Gasteiger partial charge in [-0.15, -0.1) is 0 Å². The second kappa shape index (κ2) is 4.93. The van der Waals surface area contributed by atoms with Crippen LogP contribution >= 0.6 is 11.6 Å². The summed E-state index contributed by atoms with van der Waals surface area (Å²) in [6.45, 7) is 0. The van der Waals surface area contributed by atoms with E-state index in [1.165, 1.54) is 12.1 Å². The summed E-state index contributed by atoms with van der Waals surface area (Å²) in [6.07, 6.45) is 0. The molecular formula is C15H7ClN2O3. The molecule has 21 heavy (non-hydrogen) atoms. The van der Waals surface area contributed by atoms with E-state index in [-0.39, 0.29) is 5.56 Å². The maximum atomic E-state index is 10.9. The highest BCUT2D eigenvalue weighted by Gasteiger charge is 2.12. The SMILES string of the molecule is N#Cc1ccc(-c2nc3ccc(C(=O)O)cc3o2)cc1Cl. The number of benzene rings is 2. The van der Waals surface area contributed by atoms with Gasteiger partial charge in [0.25, 0.3) is 0 Å². The van der Waals surface area contributed by atoms with Crippen molar-refractivity contribution in [2.24, 2.45) is 0 Å². The van der Waals surface area contributed by atoms with Crippen molar-refractivity contribution in [3.05, 3.63) is 52.5 Å². The lowest BCUT2D eigenvalue weighted by molar-refractivity contribution is 0.0697. The molecule has 1 aromatic heterocycles. The number of hydrogen-bond acceptors (Lipinski definition) is 4. The fourth-order valence-corrected chi connectivity index (χ4v) is 2.14. The Balaban J connectivity index is 2.11. The van der Waals surface area contributed by atoms with Crippen LogP contribution in [0.5, 0.6) is 0 Å². The summed E-state index contributed by atoms with van der Waals surface area (Å²) < 4.78 is 5.56. The predicted octanol–water partition coefficient (Wildman–Crippen LogP) is 3.72. The van der Waals surface area contributed by atoms with E-state index in [0.717, 1.165) is 0 Å². The van der Waals surface area contributed by atoms with E-state index in [2.05, 4.69) is 4.98 Å². The molecule has 0 fully saturated rings. The Morgan fingerprint density at radius 3 is 2.76 bits per heavy atom. The van der Waals surface area contributed by atoms with Gasteiger partial charge in [-0.3, -0.25) is 0 Å². The molecule has 0 amide bonds. The summed E-state index contributed by atoms with van der Waals surface area (Å²) in [5.41, 5.74) is 2.04. The van der Waals surface area contributed by atoms with Crippen molar-refractivity contribution >= 4 is 28.7 Å². The molecule has 102 valence electrons. The molecule has 0 aliphatic rings. The van der Waals surface area contributed by atoms with Crippen LogP contribution in [0.2, 0.25) is 5.02 Å². The summed E-state index contributed by atoms with van der Waals surface area (Å²) in [6, 6.07) is 11.3. The van der Waals surface area contributed by atoms with Gasteiger partial charge in [-0.25, -0.2) is 9.78 Å². The van der Waals surface area contributed by atoms with Crippen molar-refractivity contribution < 1.29 is 14.3 Å². The largest absolute Gasteiger partial charge is 0.478 e. The number of carbonyl (C=O) groups is 1. The fraction of sp³-hybridized carbons (Fsp3) is 0. The zero-order valence-electron chi connectivity index (χ0n) is 10.5. The molecule has 0 saturated carbocycles. The summed E-state index contributed by atoms with van der Waals surface area (Å²) >= 11 is 5.98. The van der Waals surface area contributed by atoms with Crippen LogP contribution in [-0.2, 0) is 0 Å². The first kappa shape index (κ1) is 13.2. The van der Waals surface area contributed by atoms with Crippen LogP contribution in [0.25, 0.3) is 22.6 Å². The van der Waals surface area contributed by atoms with Crippen molar-refractivity contribution in [3.63, 3.8) is 0 Å². The van der Waals surface area contributed by atoms with Gasteiger partial charge in [-0.2, -0.15) is 5.26 Å². The van der Waals surface area contributed by atoms with Gasteiger partial charge in [0.2, 0.25) is 5.89 Å². The van der Waals surface area contributed by atoms with Crippen molar-refractivity contribution in [3.8, 4) is 17.5 Å². The lowest BCUT2D eigenvalue weighted by Gasteiger charge is -1.97. The van der Waals surface area contributed by atoms with Gasteiger partial charge >= 0.3 is 5.97 Å². The molecule has 1 heterocycles. The molecule has 6 heteroatoms. The molecule has 0 aliphatic carbocycles. The van der Waals surface area contributed by atoms with E-state index >= 15 is 0 Å². The van der Waals surface area contributed by atoms with Crippen molar-refractivity contribution in [2.45, 2.75) is 0 Å². The van der Waals surface area contributed by atoms with E-state index in [0.29, 0.717) is 33.1 Å². The highest BCUT2D eigenvalue weighted by atomic mass is 35.5. The number of hydrogen-bond donors (Lipinski definition) is 1. The Bertz CT molecular complexity index is 909. The Hall–Kier alpha value is -2.84. The van der Waals surface area contributed by atoms with E-state index in [1.807, 2.05) is 6.07 Å². The zero-order chi connectivity index (χ0) is 15.0. The molecule has 5 nitrogen and oxygen atoms in total. The number of halogens is 1. The first-order valence-corrected chi connectivity index (χ1v) is 6.30. The lowest BCUT2D eigenvalue weighted by Crippen LogP contribution is -1.94. The molecule has 0 aliphatic heterocycles. The van der Waals surface area contributed by atoms with Crippen molar-refractivity contribution in [2.75, 3.05) is 0 Å². The number of fused-ring (bicyclic) bond motifs is 1. The van der Waals surface area contributed by atoms with Gasteiger partial charge in [-0.05, 0) is 36.4 Å². The predicted molar refractivity (Wildman–Crippen MR) is 76.1 cm³/mol. The maximum Gasteiger partial charge on any atom is 0.335 e. The molecule has 0 unspecified atom stereocenters. The van der Waals surface area contributed by atoms with Crippen LogP contribution in [0.1, 0.15) is 15.9 Å². The Kier molecular flexibility index (Phi) is 3.09. The van der Waals surface area contributed by atoms with E-state index in [9.17, 15) is 4.79 Å². The quantitative estimate of drug-likeness (QED) is 0.779. The van der Waals surface area contributed by atoms with Crippen LogP contribution in [0.3, 0.4) is 0 Å². The molecule has 0 atom stereocenters. The molecule has 3 aromatic rings. The first-order chi connectivity index (χ1) is 10.1. The number of aromatic nitrogens is 1. The van der Waals surface area contributed by atoms with E-state index in [4.69, 9.17) is 26.4 Å². The smallest absolute Gasteiger partial charge is 0.335 e. The van der Waals surface area contributed by atoms with E-state index in [1.54, 1.807) is 24.3 Å². The zero-order valence-corrected chi connectivity index (χ0v) is 11.3. The topological polar surface area (TPSA) is 87.1 Å². The van der Waals surface area contributed by atoms with Gasteiger partial charge in [0.1, 0.15) is 11.6 Å². The third kappa shape index (κ3) is 2.33. The minimum atomic E-state index is -1.03. The Morgan fingerprint density at radius 1 is 1.29 bits per heavy atom. The molecule has 0 bridgehead atoms. The third-order valence-corrected chi connectivity index (χ3v) is 3.28. The normalized spacial score (nSPS) is 10.5. The van der Waals surface area contributed by atoms with Gasteiger partial charge < -0.3 is 9.52 Å². The number of carboxylic acid groups (broad SMARTS) is 1. The van der Waals surface area contributed by atoms with Crippen LogP contribution in [0.4, 0.5) is 0 Å². The standard InChI is InChI=1S/C15H7ClN2O3/c16-11-5-8(1-2-10(11)7-17)14-18-12-4-3-9(15(19)20)6-13(12)21-14/h1-6H,(H,19,20). The maximum absolute atomic E-state index is 10.9. The first-order valence-electron chi connectivity index (χ1n) is 5.92. The number of oxazole rings is 1. The van der Waals surface area contributed by atoms with E-state index < -0.39 is 5.97 Å². The van der Waals surface area contributed by atoms with Crippen LogP contribution in [0, 0.1) is 11.3 Å². The Labute approximate surface area is 124 Å². The second-order valence-electron chi connectivity index (χ2n) is 4.31. The highest BCUT2D eigenvalue weighted by molar-refractivity contribution is 6.32. The van der Waals surface area contributed by atoms with Gasteiger partial charge in [0.15, 0.2) is 5.58 Å². The average Bonchev–Trinajstić information content (AvgIpc) is 2.89. The minimum Gasteiger partial charge on any atom is -0.478 e. The summed E-state index contributed by atoms with van der Waals surface area (Å²) in [7, 11) is 0. The molecule has 1 N–H and O–H groups in total. The van der Waals surface area contributed by atoms with Gasteiger partial charge in [0, 0.05) is 5.56 Å². The van der Waals surface area contributed by atoms with Crippen LogP contribution in [0.15, 0.2) is 40.8 Å². The van der Waals surface area contributed by atoms with Crippen LogP contribution < -0.4 is 0 Å². The minimum absolute atomic E-state index is 0.128. The molecule has 0 saturated heterocycles. The van der Waals surface area contributed by atoms with Gasteiger partial charge in [-0.1, -0.05) is 11.6 Å². The molecule has 2 aromatic carbocycles. The fourth-order valence-electron chi connectivity index (χ4n) is 1.92.